The minimum Gasteiger partial charge on any atom is -0.327 e. The largest absolute Gasteiger partial charge is 0.327 e. The van der Waals surface area contributed by atoms with Crippen LogP contribution in [0, 0.1) is 0 Å². The molecule has 0 radical (unpaired) electrons. The molecule has 1 heterocycles. The average Bonchev–Trinajstić information content (AvgIpc) is 2.07. The van der Waals surface area contributed by atoms with Crippen LogP contribution in [0.4, 0.5) is 0 Å². The maximum atomic E-state index is 6.00. The normalized spacial score (nSPS) is 28.3. The fraction of sp³-hybridized carbons (Fsp3) is 1.00. The number of hydrogen-bond acceptors (Lipinski definition) is 3. The van der Waals surface area contributed by atoms with Crippen LogP contribution in [0.2, 0.25) is 0 Å². The molecule has 0 saturated carbocycles. The summed E-state index contributed by atoms with van der Waals surface area (Å²) in [5.74, 6) is 0. The van der Waals surface area contributed by atoms with Gasteiger partial charge in [0.1, 0.15) is 0 Å². The lowest BCUT2D eigenvalue weighted by Crippen LogP contribution is -2.55. The first kappa shape index (κ1) is 12.0. The van der Waals surface area contributed by atoms with Crippen molar-refractivity contribution >= 4 is 0 Å². The van der Waals surface area contributed by atoms with Crippen LogP contribution in [-0.2, 0) is 0 Å². The van der Waals surface area contributed by atoms with Gasteiger partial charge in [0.25, 0.3) is 0 Å². The number of rotatable bonds is 3. The Morgan fingerprint density at radius 2 is 2.07 bits per heavy atom. The SMILES string of the molecule is CN(C)CCN1CC(N)CCC1(C)C. The molecule has 0 aromatic heterocycles. The predicted molar refractivity (Wildman–Crippen MR) is 61.4 cm³/mol. The monoisotopic (exact) mass is 199 g/mol. The molecule has 1 rings (SSSR count). The summed E-state index contributed by atoms with van der Waals surface area (Å²) in [5.41, 5.74) is 6.34. The highest BCUT2D eigenvalue weighted by molar-refractivity contribution is 4.90. The van der Waals surface area contributed by atoms with E-state index >= 15 is 0 Å². The van der Waals surface area contributed by atoms with E-state index in [9.17, 15) is 0 Å². The Bertz CT molecular complexity index is 177. The van der Waals surface area contributed by atoms with E-state index < -0.39 is 0 Å². The van der Waals surface area contributed by atoms with Crippen molar-refractivity contribution in [3.8, 4) is 0 Å². The van der Waals surface area contributed by atoms with E-state index in [1.54, 1.807) is 0 Å². The summed E-state index contributed by atoms with van der Waals surface area (Å²) in [6, 6.07) is 0.380. The number of likely N-dealkylation sites (tertiary alicyclic amines) is 1. The van der Waals surface area contributed by atoms with E-state index in [-0.39, 0.29) is 0 Å². The highest BCUT2D eigenvalue weighted by Crippen LogP contribution is 2.26. The van der Waals surface area contributed by atoms with Gasteiger partial charge < -0.3 is 10.6 Å². The van der Waals surface area contributed by atoms with E-state index in [1.165, 1.54) is 12.8 Å². The summed E-state index contributed by atoms with van der Waals surface area (Å²) in [6.07, 6.45) is 2.40. The first-order chi connectivity index (χ1) is 6.42. The fourth-order valence-electron chi connectivity index (χ4n) is 2.03. The zero-order valence-corrected chi connectivity index (χ0v) is 10.1. The van der Waals surface area contributed by atoms with Gasteiger partial charge in [-0.2, -0.15) is 0 Å². The van der Waals surface area contributed by atoms with Crippen LogP contribution < -0.4 is 5.73 Å². The molecular weight excluding hydrogens is 174 g/mol. The summed E-state index contributed by atoms with van der Waals surface area (Å²) in [6.45, 7) is 7.97. The third-order valence-electron chi connectivity index (χ3n) is 3.26. The molecule has 1 fully saturated rings. The van der Waals surface area contributed by atoms with Gasteiger partial charge in [0.15, 0.2) is 0 Å². The highest BCUT2D eigenvalue weighted by Gasteiger charge is 2.32. The molecule has 0 spiro atoms. The summed E-state index contributed by atoms with van der Waals surface area (Å²) in [4.78, 5) is 4.76. The van der Waals surface area contributed by atoms with Gasteiger partial charge in [-0.05, 0) is 40.8 Å². The Balaban J connectivity index is 2.46. The minimum absolute atomic E-state index is 0.339. The third kappa shape index (κ3) is 3.23. The van der Waals surface area contributed by atoms with Crippen LogP contribution in [0.5, 0.6) is 0 Å². The van der Waals surface area contributed by atoms with Gasteiger partial charge in [0, 0.05) is 31.2 Å². The second-order valence-corrected chi connectivity index (χ2v) is 5.36. The number of hydrogen-bond donors (Lipinski definition) is 1. The van der Waals surface area contributed by atoms with E-state index in [1.807, 2.05) is 0 Å². The van der Waals surface area contributed by atoms with Crippen molar-refractivity contribution in [2.45, 2.75) is 38.3 Å². The Labute approximate surface area is 88.2 Å². The minimum atomic E-state index is 0.339. The second-order valence-electron chi connectivity index (χ2n) is 5.36. The first-order valence-electron chi connectivity index (χ1n) is 5.57. The zero-order chi connectivity index (χ0) is 10.8. The molecule has 0 aliphatic carbocycles. The molecule has 0 aromatic rings. The van der Waals surface area contributed by atoms with Gasteiger partial charge in [-0.1, -0.05) is 0 Å². The zero-order valence-electron chi connectivity index (χ0n) is 10.1. The van der Waals surface area contributed by atoms with E-state index in [4.69, 9.17) is 5.73 Å². The molecule has 0 aromatic carbocycles. The first-order valence-corrected chi connectivity index (χ1v) is 5.57. The maximum Gasteiger partial charge on any atom is 0.0168 e. The smallest absolute Gasteiger partial charge is 0.0168 e. The van der Waals surface area contributed by atoms with Crippen LogP contribution in [0.25, 0.3) is 0 Å². The van der Waals surface area contributed by atoms with Gasteiger partial charge in [-0.25, -0.2) is 0 Å². The van der Waals surface area contributed by atoms with Crippen molar-refractivity contribution in [1.29, 1.82) is 0 Å². The van der Waals surface area contributed by atoms with Crippen molar-refractivity contribution < 1.29 is 0 Å². The lowest BCUT2D eigenvalue weighted by molar-refractivity contribution is 0.0601. The Morgan fingerprint density at radius 3 is 2.64 bits per heavy atom. The van der Waals surface area contributed by atoms with Crippen LogP contribution >= 0.6 is 0 Å². The van der Waals surface area contributed by atoms with Crippen LogP contribution in [0.1, 0.15) is 26.7 Å². The number of piperidine rings is 1. The standard InChI is InChI=1S/C11H25N3/c1-11(2)6-5-10(12)9-14(11)8-7-13(3)4/h10H,5-9,12H2,1-4H3. The lowest BCUT2D eigenvalue weighted by atomic mass is 9.88. The Kier molecular flexibility index (Phi) is 3.93. The van der Waals surface area contributed by atoms with Crippen molar-refractivity contribution in [1.82, 2.24) is 9.80 Å². The van der Waals surface area contributed by atoms with Gasteiger partial charge in [-0.15, -0.1) is 0 Å². The van der Waals surface area contributed by atoms with Crippen LogP contribution in [0.15, 0.2) is 0 Å². The molecule has 3 heteroatoms. The quantitative estimate of drug-likeness (QED) is 0.728. The van der Waals surface area contributed by atoms with Gasteiger partial charge in [-0.3, -0.25) is 4.90 Å². The molecule has 1 aliphatic heterocycles. The van der Waals surface area contributed by atoms with E-state index in [0.29, 0.717) is 11.6 Å². The predicted octanol–water partition coefficient (Wildman–Crippen LogP) is 0.750. The molecule has 1 saturated heterocycles. The van der Waals surface area contributed by atoms with Crippen molar-refractivity contribution in [3.05, 3.63) is 0 Å². The molecular formula is C11H25N3. The van der Waals surface area contributed by atoms with Gasteiger partial charge >= 0.3 is 0 Å². The third-order valence-corrected chi connectivity index (χ3v) is 3.26. The summed E-state index contributed by atoms with van der Waals surface area (Å²) < 4.78 is 0. The molecule has 0 amide bonds. The Hall–Kier alpha value is -0.120. The van der Waals surface area contributed by atoms with Crippen molar-refractivity contribution in [3.63, 3.8) is 0 Å². The van der Waals surface area contributed by atoms with Crippen molar-refractivity contribution in [2.75, 3.05) is 33.7 Å². The molecule has 3 nitrogen and oxygen atoms in total. The summed E-state index contributed by atoms with van der Waals surface area (Å²) in [5, 5.41) is 0. The Morgan fingerprint density at radius 1 is 1.43 bits per heavy atom. The second kappa shape index (κ2) is 4.60. The molecule has 1 atom stereocenters. The molecule has 14 heavy (non-hydrogen) atoms. The molecule has 0 bridgehead atoms. The number of nitrogens with two attached hydrogens (primary N) is 1. The number of nitrogens with zero attached hydrogens (tertiary/aromatic N) is 2. The maximum absolute atomic E-state index is 6.00. The average molecular weight is 199 g/mol. The fourth-order valence-corrected chi connectivity index (χ4v) is 2.03. The van der Waals surface area contributed by atoms with E-state index in [2.05, 4.69) is 37.7 Å². The molecule has 1 aliphatic rings. The topological polar surface area (TPSA) is 32.5 Å². The van der Waals surface area contributed by atoms with Gasteiger partial charge in [0.05, 0.1) is 0 Å². The lowest BCUT2D eigenvalue weighted by Gasteiger charge is -2.45. The van der Waals surface area contributed by atoms with Crippen LogP contribution in [-0.4, -0.2) is 55.1 Å². The summed E-state index contributed by atoms with van der Waals surface area (Å²) >= 11 is 0. The highest BCUT2D eigenvalue weighted by atomic mass is 15.2. The molecule has 84 valence electrons. The van der Waals surface area contributed by atoms with Gasteiger partial charge in [0.2, 0.25) is 0 Å². The molecule has 1 unspecified atom stereocenters. The summed E-state index contributed by atoms with van der Waals surface area (Å²) in [7, 11) is 4.24. The van der Waals surface area contributed by atoms with E-state index in [0.717, 1.165) is 19.6 Å². The van der Waals surface area contributed by atoms with Crippen molar-refractivity contribution in [2.24, 2.45) is 5.73 Å². The molecule has 2 N–H and O–H groups in total. The number of likely N-dealkylation sites (N-methyl/N-ethyl adjacent to an activating group) is 1. The van der Waals surface area contributed by atoms with Crippen LogP contribution in [0.3, 0.4) is 0 Å².